The van der Waals surface area contributed by atoms with E-state index in [0.717, 1.165) is 9.73 Å². The van der Waals surface area contributed by atoms with Crippen LogP contribution in [0.1, 0.15) is 39.5 Å². The molecular formula is C13H21NO3S2. The third-order valence-corrected chi connectivity index (χ3v) is 3.50. The normalized spacial score (nSPS) is 15.2. The second-order valence-electron chi connectivity index (χ2n) is 4.72. The van der Waals surface area contributed by atoms with Crippen molar-refractivity contribution in [2.45, 2.75) is 45.1 Å². The maximum Gasteiger partial charge on any atom is 0.326 e. The highest BCUT2D eigenvalue weighted by Crippen LogP contribution is 2.25. The zero-order valence-electron chi connectivity index (χ0n) is 11.6. The molecule has 0 radical (unpaired) electrons. The quantitative estimate of drug-likeness (QED) is 0.399. The fourth-order valence-corrected chi connectivity index (χ4v) is 2.04. The first kappa shape index (κ1) is 18.3. The highest BCUT2D eigenvalue weighted by molar-refractivity contribution is 7.80. The third kappa shape index (κ3) is 5.84. The molecule has 0 aliphatic heterocycles. The Balaban J connectivity index is 5.05. The summed E-state index contributed by atoms with van der Waals surface area (Å²) in [4.78, 5) is 24.7. The zero-order chi connectivity index (χ0) is 15.1. The largest absolute Gasteiger partial charge is 0.468 e. The van der Waals surface area contributed by atoms with Gasteiger partial charge in [-0.2, -0.15) is 0 Å². The number of hydrogen-bond acceptors (Lipinski definition) is 6. The van der Waals surface area contributed by atoms with E-state index < -0.39 is 17.4 Å². The first-order valence-corrected chi connectivity index (χ1v) is 6.91. The van der Waals surface area contributed by atoms with Crippen LogP contribution < -0.4 is 5.73 Å². The van der Waals surface area contributed by atoms with Crippen molar-refractivity contribution < 1.29 is 14.3 Å². The van der Waals surface area contributed by atoms with E-state index in [0.29, 0.717) is 32.0 Å². The van der Waals surface area contributed by atoms with E-state index >= 15 is 0 Å². The fraction of sp³-hybridized carbons (Fsp3) is 0.692. The topological polar surface area (TPSA) is 69.4 Å². The molecule has 0 amide bonds. The summed E-state index contributed by atoms with van der Waals surface area (Å²) < 4.78 is 4.74. The summed E-state index contributed by atoms with van der Waals surface area (Å²) in [6, 6.07) is 0. The standard InChI is InChI=1S/C13H21NO3S2/c1-9(18)4-5-11(8-15)13(14,12(16)17-3)7-6-10(2)19/h8,11H,4-7,14H2,1-3H3. The van der Waals surface area contributed by atoms with Crippen LogP contribution in [-0.4, -0.2) is 34.6 Å². The monoisotopic (exact) mass is 303 g/mol. The SMILES string of the molecule is COC(=O)C(N)(CCC(C)=S)C(C=O)CCC(C)=S. The van der Waals surface area contributed by atoms with Gasteiger partial charge in [0.25, 0.3) is 0 Å². The van der Waals surface area contributed by atoms with Gasteiger partial charge in [0.15, 0.2) is 0 Å². The number of hydrogen-bond donors (Lipinski definition) is 1. The van der Waals surface area contributed by atoms with Crippen LogP contribution in [0.4, 0.5) is 0 Å². The Morgan fingerprint density at radius 3 is 2.21 bits per heavy atom. The molecule has 108 valence electrons. The number of rotatable bonds is 9. The number of thiocarbonyl (C=S) groups is 2. The first-order valence-electron chi connectivity index (χ1n) is 6.09. The molecular weight excluding hydrogens is 282 g/mol. The van der Waals surface area contributed by atoms with Crippen molar-refractivity contribution in [3.8, 4) is 0 Å². The van der Waals surface area contributed by atoms with E-state index in [1.807, 2.05) is 0 Å². The first-order chi connectivity index (χ1) is 8.77. The molecule has 4 nitrogen and oxygen atoms in total. The molecule has 0 aromatic carbocycles. The Labute approximate surface area is 125 Å². The Morgan fingerprint density at radius 2 is 1.84 bits per heavy atom. The smallest absolute Gasteiger partial charge is 0.326 e. The van der Waals surface area contributed by atoms with E-state index in [1.54, 1.807) is 13.8 Å². The van der Waals surface area contributed by atoms with Crippen molar-refractivity contribution in [3.63, 3.8) is 0 Å². The van der Waals surface area contributed by atoms with Crippen molar-refractivity contribution in [3.05, 3.63) is 0 Å². The maximum atomic E-state index is 11.9. The Bertz CT molecular complexity index is 371. The molecule has 0 saturated carbocycles. The number of carbonyl (C=O) groups excluding carboxylic acids is 2. The van der Waals surface area contributed by atoms with Gasteiger partial charge in [-0.25, -0.2) is 0 Å². The molecule has 0 bridgehead atoms. The molecule has 0 spiro atoms. The van der Waals surface area contributed by atoms with Crippen molar-refractivity contribution in [2.75, 3.05) is 7.11 Å². The summed E-state index contributed by atoms with van der Waals surface area (Å²) in [5.74, 6) is -1.20. The molecule has 0 rings (SSSR count). The predicted molar refractivity (Wildman–Crippen MR) is 83.5 cm³/mol. The average molecular weight is 303 g/mol. The van der Waals surface area contributed by atoms with Gasteiger partial charge in [-0.15, -0.1) is 0 Å². The van der Waals surface area contributed by atoms with E-state index in [9.17, 15) is 9.59 Å². The number of methoxy groups -OCH3 is 1. The molecule has 19 heavy (non-hydrogen) atoms. The lowest BCUT2D eigenvalue weighted by molar-refractivity contribution is -0.151. The van der Waals surface area contributed by atoms with Gasteiger partial charge in [-0.1, -0.05) is 24.4 Å². The number of esters is 1. The lowest BCUT2D eigenvalue weighted by Gasteiger charge is -2.31. The lowest BCUT2D eigenvalue weighted by atomic mass is 9.78. The number of carbonyl (C=O) groups is 2. The van der Waals surface area contributed by atoms with Crippen LogP contribution in [-0.2, 0) is 14.3 Å². The Kier molecular flexibility index (Phi) is 8.13. The summed E-state index contributed by atoms with van der Waals surface area (Å²) in [5.41, 5.74) is 4.80. The van der Waals surface area contributed by atoms with Gasteiger partial charge in [0, 0.05) is 5.92 Å². The van der Waals surface area contributed by atoms with Crippen LogP contribution in [0.5, 0.6) is 0 Å². The lowest BCUT2D eigenvalue weighted by Crippen LogP contribution is -2.55. The van der Waals surface area contributed by atoms with Gasteiger partial charge in [0.1, 0.15) is 11.8 Å². The van der Waals surface area contributed by atoms with Gasteiger partial charge in [-0.05, 0) is 49.3 Å². The Morgan fingerprint density at radius 1 is 1.32 bits per heavy atom. The van der Waals surface area contributed by atoms with Crippen LogP contribution in [0, 0.1) is 5.92 Å². The van der Waals surface area contributed by atoms with E-state index in [2.05, 4.69) is 0 Å². The zero-order valence-corrected chi connectivity index (χ0v) is 13.2. The van der Waals surface area contributed by atoms with Crippen LogP contribution in [0.2, 0.25) is 0 Å². The summed E-state index contributed by atoms with van der Waals surface area (Å²) >= 11 is 9.99. The molecule has 0 aliphatic carbocycles. The third-order valence-electron chi connectivity index (χ3n) is 3.09. The minimum atomic E-state index is -1.33. The molecule has 0 fully saturated rings. The van der Waals surface area contributed by atoms with Gasteiger partial charge >= 0.3 is 5.97 Å². The Hall–Kier alpha value is -0.720. The molecule has 0 aromatic rings. The predicted octanol–water partition coefficient (Wildman–Crippen LogP) is 2.01. The van der Waals surface area contributed by atoms with Crippen LogP contribution in [0.3, 0.4) is 0 Å². The van der Waals surface area contributed by atoms with E-state index in [-0.39, 0.29) is 0 Å². The van der Waals surface area contributed by atoms with Crippen LogP contribution in [0.15, 0.2) is 0 Å². The summed E-state index contributed by atoms with van der Waals surface area (Å²) in [6.07, 6.45) is 2.54. The van der Waals surface area contributed by atoms with Gasteiger partial charge in [0.05, 0.1) is 7.11 Å². The van der Waals surface area contributed by atoms with Gasteiger partial charge in [0.2, 0.25) is 0 Å². The second-order valence-corrected chi connectivity index (χ2v) is 6.11. The molecule has 0 saturated heterocycles. The molecule has 0 aliphatic rings. The van der Waals surface area contributed by atoms with Crippen molar-refractivity contribution in [1.29, 1.82) is 0 Å². The molecule has 2 unspecified atom stereocenters. The minimum absolute atomic E-state index is 0.300. The molecule has 0 aromatic heterocycles. The minimum Gasteiger partial charge on any atom is -0.468 e. The molecule has 2 atom stereocenters. The van der Waals surface area contributed by atoms with E-state index in [4.69, 9.17) is 34.9 Å². The highest BCUT2D eigenvalue weighted by Gasteiger charge is 2.42. The summed E-state index contributed by atoms with van der Waals surface area (Å²) in [5, 5.41) is 0. The van der Waals surface area contributed by atoms with Gasteiger partial charge < -0.3 is 15.3 Å². The molecule has 2 N–H and O–H groups in total. The summed E-state index contributed by atoms with van der Waals surface area (Å²) in [6.45, 7) is 3.58. The van der Waals surface area contributed by atoms with E-state index in [1.165, 1.54) is 7.11 Å². The second kappa shape index (κ2) is 8.45. The van der Waals surface area contributed by atoms with Crippen molar-refractivity contribution in [1.82, 2.24) is 0 Å². The number of aldehydes is 1. The average Bonchev–Trinajstić information content (AvgIpc) is 2.35. The van der Waals surface area contributed by atoms with Crippen molar-refractivity contribution >= 4 is 46.4 Å². The maximum absolute atomic E-state index is 11.9. The number of nitrogens with two attached hydrogens (primary N) is 1. The molecule has 6 heteroatoms. The van der Waals surface area contributed by atoms with Crippen LogP contribution >= 0.6 is 24.4 Å². The number of ether oxygens (including phenoxy) is 1. The molecule has 0 heterocycles. The van der Waals surface area contributed by atoms with Gasteiger partial charge in [-0.3, -0.25) is 4.79 Å². The highest BCUT2D eigenvalue weighted by atomic mass is 32.1. The summed E-state index contributed by atoms with van der Waals surface area (Å²) in [7, 11) is 1.26. The van der Waals surface area contributed by atoms with Crippen LogP contribution in [0.25, 0.3) is 0 Å². The van der Waals surface area contributed by atoms with Crippen molar-refractivity contribution in [2.24, 2.45) is 11.7 Å². The fourth-order valence-electron chi connectivity index (χ4n) is 1.82.